The molecule has 1 aliphatic rings. The van der Waals surface area contributed by atoms with E-state index in [0.717, 1.165) is 45.2 Å². The zero-order valence-electron chi connectivity index (χ0n) is 23.1. The van der Waals surface area contributed by atoms with Gasteiger partial charge in [-0.25, -0.2) is 4.39 Å². The van der Waals surface area contributed by atoms with Gasteiger partial charge < -0.3 is 23.7 Å². The SMILES string of the molecule is CC(=O)O[C@H]1OC(c2ccc(I)c(Cc3ccc(-c4ccc(F)cc4)s3)c2)[C@H](OC(C)=O)[C@@H](OC(C)=O)[C@@H]1OC(C)=O. The van der Waals surface area contributed by atoms with Crippen molar-refractivity contribution in [2.24, 2.45) is 0 Å². The van der Waals surface area contributed by atoms with Crippen molar-refractivity contribution in [3.63, 3.8) is 0 Å². The van der Waals surface area contributed by atoms with Crippen LogP contribution in [0.25, 0.3) is 10.4 Å². The number of carbonyl (C=O) groups excluding carboxylic acids is 4. The average Bonchev–Trinajstić information content (AvgIpc) is 3.36. The lowest BCUT2D eigenvalue weighted by molar-refractivity contribution is -0.298. The second-order valence-corrected chi connectivity index (χ2v) is 11.9. The number of ether oxygens (including phenoxy) is 5. The Labute approximate surface area is 259 Å². The second-order valence-electron chi connectivity index (χ2n) is 9.56. The molecule has 222 valence electrons. The van der Waals surface area contributed by atoms with Gasteiger partial charge in [-0.2, -0.15) is 0 Å². The molecule has 0 spiro atoms. The van der Waals surface area contributed by atoms with Crippen LogP contribution in [0.4, 0.5) is 4.39 Å². The highest BCUT2D eigenvalue weighted by Gasteiger charge is 2.53. The molecule has 1 aliphatic heterocycles. The monoisotopic (exact) mass is 710 g/mol. The van der Waals surface area contributed by atoms with Crippen LogP contribution in [0.5, 0.6) is 0 Å². The molecule has 12 heteroatoms. The lowest BCUT2D eigenvalue weighted by Gasteiger charge is -2.44. The second kappa shape index (κ2) is 13.7. The van der Waals surface area contributed by atoms with Crippen molar-refractivity contribution in [3.05, 3.63) is 80.0 Å². The maximum Gasteiger partial charge on any atom is 0.305 e. The van der Waals surface area contributed by atoms with Crippen LogP contribution in [0.15, 0.2) is 54.6 Å². The molecule has 5 atom stereocenters. The van der Waals surface area contributed by atoms with Crippen LogP contribution in [-0.4, -0.2) is 48.5 Å². The maximum atomic E-state index is 13.4. The Morgan fingerprint density at radius 1 is 0.786 bits per heavy atom. The maximum absolute atomic E-state index is 13.4. The van der Waals surface area contributed by atoms with E-state index in [1.165, 1.54) is 19.1 Å². The summed E-state index contributed by atoms with van der Waals surface area (Å²) in [4.78, 5) is 50.2. The average molecular weight is 711 g/mol. The minimum atomic E-state index is -1.45. The largest absolute Gasteiger partial charge is 0.455 e. The molecular formula is C30H28FIO9S. The number of esters is 4. The smallest absolute Gasteiger partial charge is 0.305 e. The van der Waals surface area contributed by atoms with E-state index in [-0.39, 0.29) is 5.82 Å². The zero-order valence-corrected chi connectivity index (χ0v) is 26.1. The molecule has 1 saturated heterocycles. The summed E-state index contributed by atoms with van der Waals surface area (Å²) in [6, 6.07) is 15.8. The van der Waals surface area contributed by atoms with E-state index in [0.29, 0.717) is 12.0 Å². The Morgan fingerprint density at radius 3 is 2.00 bits per heavy atom. The number of halogens is 2. The predicted octanol–water partition coefficient (Wildman–Crippen LogP) is 5.51. The molecule has 0 N–H and O–H groups in total. The molecule has 0 bridgehead atoms. The molecular weight excluding hydrogens is 682 g/mol. The summed E-state index contributed by atoms with van der Waals surface area (Å²) in [5.74, 6) is -3.18. The third kappa shape index (κ3) is 7.92. The van der Waals surface area contributed by atoms with Gasteiger partial charge in [0.05, 0.1) is 0 Å². The number of thiophene rings is 1. The molecule has 3 aromatic rings. The van der Waals surface area contributed by atoms with Crippen LogP contribution >= 0.6 is 33.9 Å². The lowest BCUT2D eigenvalue weighted by atomic mass is 9.92. The van der Waals surface area contributed by atoms with Crippen LogP contribution in [0.3, 0.4) is 0 Å². The lowest BCUT2D eigenvalue weighted by Crippen LogP contribution is -2.59. The zero-order chi connectivity index (χ0) is 30.6. The van der Waals surface area contributed by atoms with Crippen molar-refractivity contribution < 1.29 is 47.3 Å². The van der Waals surface area contributed by atoms with Crippen molar-refractivity contribution in [1.82, 2.24) is 0 Å². The summed E-state index contributed by atoms with van der Waals surface area (Å²) in [5.41, 5.74) is 2.40. The summed E-state index contributed by atoms with van der Waals surface area (Å²) in [5, 5.41) is 0. The first kappa shape index (κ1) is 31.6. The van der Waals surface area contributed by atoms with E-state index >= 15 is 0 Å². The topological polar surface area (TPSA) is 114 Å². The molecule has 9 nitrogen and oxygen atoms in total. The van der Waals surface area contributed by atoms with Gasteiger partial charge >= 0.3 is 23.9 Å². The summed E-state index contributed by atoms with van der Waals surface area (Å²) in [6.45, 7) is 4.65. The van der Waals surface area contributed by atoms with Crippen LogP contribution in [0.2, 0.25) is 0 Å². The number of hydrogen-bond donors (Lipinski definition) is 0. The summed E-state index contributed by atoms with van der Waals surface area (Å²) in [7, 11) is 0. The van der Waals surface area contributed by atoms with Gasteiger partial charge in [0.15, 0.2) is 12.2 Å². The van der Waals surface area contributed by atoms with Gasteiger partial charge in [0, 0.05) is 47.4 Å². The van der Waals surface area contributed by atoms with Gasteiger partial charge in [-0.1, -0.05) is 24.3 Å². The Morgan fingerprint density at radius 2 is 1.38 bits per heavy atom. The molecule has 0 radical (unpaired) electrons. The molecule has 2 heterocycles. The van der Waals surface area contributed by atoms with E-state index in [4.69, 9.17) is 23.7 Å². The third-order valence-electron chi connectivity index (χ3n) is 6.24. The number of rotatable bonds is 8. The van der Waals surface area contributed by atoms with Crippen LogP contribution in [-0.2, 0) is 49.3 Å². The van der Waals surface area contributed by atoms with E-state index in [2.05, 4.69) is 22.6 Å². The summed E-state index contributed by atoms with van der Waals surface area (Å²) < 4.78 is 42.2. The highest BCUT2D eigenvalue weighted by atomic mass is 127. The fraction of sp³-hybridized carbons (Fsp3) is 0.333. The molecule has 0 aliphatic carbocycles. The van der Waals surface area contributed by atoms with Gasteiger partial charge in [0.25, 0.3) is 0 Å². The van der Waals surface area contributed by atoms with Crippen LogP contribution in [0, 0.1) is 9.39 Å². The van der Waals surface area contributed by atoms with Crippen molar-refractivity contribution in [2.45, 2.75) is 64.8 Å². The first-order valence-corrected chi connectivity index (χ1v) is 14.8. The molecule has 42 heavy (non-hydrogen) atoms. The van der Waals surface area contributed by atoms with E-state index in [1.807, 2.05) is 24.3 Å². The quantitative estimate of drug-likeness (QED) is 0.170. The van der Waals surface area contributed by atoms with Gasteiger partial charge in [-0.3, -0.25) is 19.2 Å². The van der Waals surface area contributed by atoms with Crippen molar-refractivity contribution in [3.8, 4) is 10.4 Å². The molecule has 4 rings (SSSR count). The highest BCUT2D eigenvalue weighted by molar-refractivity contribution is 14.1. The fourth-order valence-electron chi connectivity index (χ4n) is 4.64. The van der Waals surface area contributed by atoms with Crippen LogP contribution < -0.4 is 0 Å². The predicted molar refractivity (Wildman–Crippen MR) is 158 cm³/mol. The van der Waals surface area contributed by atoms with E-state index in [1.54, 1.807) is 29.5 Å². The van der Waals surface area contributed by atoms with Gasteiger partial charge in [0.1, 0.15) is 11.9 Å². The van der Waals surface area contributed by atoms with Crippen molar-refractivity contribution in [1.29, 1.82) is 0 Å². The van der Waals surface area contributed by atoms with E-state index < -0.39 is 54.6 Å². The number of benzene rings is 2. The Kier molecular flexibility index (Phi) is 10.3. The molecule has 1 aromatic heterocycles. The van der Waals surface area contributed by atoms with Gasteiger partial charge in [-0.15, -0.1) is 11.3 Å². The summed E-state index contributed by atoms with van der Waals surface area (Å²) in [6.07, 6.45) is -5.91. The Balaban J connectivity index is 1.70. The minimum absolute atomic E-state index is 0.301. The Hall–Kier alpha value is -3.36. The first-order valence-electron chi connectivity index (χ1n) is 12.9. The molecule has 2 aromatic carbocycles. The molecule has 0 amide bonds. The molecule has 1 fully saturated rings. The molecule has 1 unspecified atom stereocenters. The van der Waals surface area contributed by atoms with Crippen LogP contribution in [0.1, 0.15) is 49.8 Å². The first-order chi connectivity index (χ1) is 19.9. The number of hydrogen-bond acceptors (Lipinski definition) is 10. The minimum Gasteiger partial charge on any atom is -0.455 e. The number of carbonyl (C=O) groups is 4. The van der Waals surface area contributed by atoms with Gasteiger partial charge in [-0.05, 0) is 69.6 Å². The van der Waals surface area contributed by atoms with Crippen molar-refractivity contribution >= 4 is 57.8 Å². The molecule has 0 saturated carbocycles. The normalized spacial score (nSPS) is 21.7. The van der Waals surface area contributed by atoms with Crippen molar-refractivity contribution in [2.75, 3.05) is 0 Å². The van der Waals surface area contributed by atoms with Gasteiger partial charge in [0.2, 0.25) is 12.4 Å². The standard InChI is InChI=1S/C30H28FIO9S/c1-15(33)37-27-26(41-30(40-18(4)36)29(39-17(3)35)28(27)38-16(2)34)20-7-11-24(32)21(13-20)14-23-10-12-25(42-23)19-5-8-22(31)9-6-19/h5-13,26-30H,14H2,1-4H3/t26?,27-,28+,29-,30-/m0/s1. The summed E-state index contributed by atoms with van der Waals surface area (Å²) >= 11 is 3.80. The third-order valence-corrected chi connectivity index (χ3v) is 8.42. The highest BCUT2D eigenvalue weighted by Crippen LogP contribution is 2.39. The fourth-order valence-corrected chi connectivity index (χ4v) is 6.20. The van der Waals surface area contributed by atoms with E-state index in [9.17, 15) is 23.6 Å². The Bertz CT molecular complexity index is 1470.